The number of nitrogens with one attached hydrogen (secondary N) is 1. The minimum atomic E-state index is -0.165. The van der Waals surface area contributed by atoms with Crippen LogP contribution in [0, 0.1) is 20.8 Å². The van der Waals surface area contributed by atoms with Crippen LogP contribution in [0.2, 0.25) is 0 Å². The number of anilines is 1. The fourth-order valence-corrected chi connectivity index (χ4v) is 4.58. The van der Waals surface area contributed by atoms with Gasteiger partial charge in [-0.15, -0.1) is 5.10 Å². The van der Waals surface area contributed by atoms with Crippen LogP contribution in [0.25, 0.3) is 0 Å². The van der Waals surface area contributed by atoms with E-state index in [1.165, 1.54) is 32.8 Å². The molecule has 2 heterocycles. The Morgan fingerprint density at radius 1 is 0.935 bits per heavy atom. The summed E-state index contributed by atoms with van der Waals surface area (Å²) in [6.45, 7) is 17.2. The van der Waals surface area contributed by atoms with Crippen LogP contribution in [0.4, 0.5) is 5.69 Å². The van der Waals surface area contributed by atoms with E-state index in [0.717, 1.165) is 32.0 Å². The van der Waals surface area contributed by atoms with Crippen LogP contribution >= 0.6 is 0 Å². The van der Waals surface area contributed by atoms with Crippen LogP contribution in [0.5, 0.6) is 0 Å². The van der Waals surface area contributed by atoms with E-state index in [9.17, 15) is 0 Å². The highest BCUT2D eigenvalue weighted by molar-refractivity contribution is 5.56. The number of tetrazole rings is 1. The second kappa shape index (κ2) is 8.42. The van der Waals surface area contributed by atoms with Gasteiger partial charge in [0.25, 0.3) is 0 Å². The average molecular weight is 420 g/mol. The van der Waals surface area contributed by atoms with Gasteiger partial charge in [0.2, 0.25) is 5.82 Å². The predicted molar refractivity (Wildman–Crippen MR) is 125 cm³/mol. The zero-order chi connectivity index (χ0) is 22.2. The Morgan fingerprint density at radius 3 is 2.26 bits per heavy atom. The molecule has 6 heteroatoms. The van der Waals surface area contributed by atoms with Crippen molar-refractivity contribution in [3.05, 3.63) is 70.5 Å². The van der Waals surface area contributed by atoms with E-state index in [1.54, 1.807) is 0 Å². The lowest BCUT2D eigenvalue weighted by Gasteiger charge is -2.38. The number of piperazine rings is 1. The Labute approximate surface area is 185 Å². The molecule has 1 aromatic heterocycles. The molecule has 4 rings (SSSR count). The number of benzene rings is 2. The summed E-state index contributed by atoms with van der Waals surface area (Å²) in [6.07, 6.45) is 0. The highest BCUT2D eigenvalue weighted by Gasteiger charge is 2.36. The summed E-state index contributed by atoms with van der Waals surface area (Å²) in [6, 6.07) is 15.6. The first-order chi connectivity index (χ1) is 14.8. The molecule has 1 N–H and O–H groups in total. The summed E-state index contributed by atoms with van der Waals surface area (Å²) in [5.41, 5.74) is 6.49. The normalized spacial score (nSPS) is 16.5. The molecular formula is C25H35N6+. The zero-order valence-electron chi connectivity index (χ0n) is 19.7. The fraction of sp³-hybridized carbons (Fsp3) is 0.480. The molecule has 1 atom stereocenters. The number of nitrogens with zero attached hydrogens (tertiary/aromatic N) is 5. The van der Waals surface area contributed by atoms with E-state index in [2.05, 4.69) is 104 Å². The SMILES string of the molecule is Cc1ccc([C@H](c2nnnn2C(C)(C)C)[NH+]2CCN(c3cccc(C)c3C)CC2)cc1. The van der Waals surface area contributed by atoms with Crippen LogP contribution in [-0.2, 0) is 5.54 Å². The molecule has 1 fully saturated rings. The van der Waals surface area contributed by atoms with Crippen molar-refractivity contribution in [2.24, 2.45) is 0 Å². The Morgan fingerprint density at radius 2 is 1.61 bits per heavy atom. The molecule has 0 amide bonds. The van der Waals surface area contributed by atoms with Crippen LogP contribution in [0.3, 0.4) is 0 Å². The van der Waals surface area contributed by atoms with Crippen LogP contribution in [-0.4, -0.2) is 46.4 Å². The molecule has 31 heavy (non-hydrogen) atoms. The maximum atomic E-state index is 4.53. The van der Waals surface area contributed by atoms with E-state index < -0.39 is 0 Å². The third-order valence-corrected chi connectivity index (χ3v) is 6.53. The Bertz CT molecular complexity index is 1020. The fourth-order valence-electron chi connectivity index (χ4n) is 4.58. The maximum Gasteiger partial charge on any atom is 0.214 e. The summed E-state index contributed by atoms with van der Waals surface area (Å²) in [7, 11) is 0. The lowest BCUT2D eigenvalue weighted by Crippen LogP contribution is -3.15. The molecule has 0 radical (unpaired) electrons. The van der Waals surface area contributed by atoms with Gasteiger partial charge in [0, 0.05) is 11.3 Å². The van der Waals surface area contributed by atoms with Crippen molar-refractivity contribution < 1.29 is 4.90 Å². The van der Waals surface area contributed by atoms with Gasteiger partial charge in [0.05, 0.1) is 31.7 Å². The molecular weight excluding hydrogens is 384 g/mol. The van der Waals surface area contributed by atoms with Gasteiger partial charge in [-0.2, -0.15) is 0 Å². The molecule has 0 aliphatic carbocycles. The lowest BCUT2D eigenvalue weighted by atomic mass is 10.00. The zero-order valence-corrected chi connectivity index (χ0v) is 19.7. The Balaban J connectivity index is 1.64. The highest BCUT2D eigenvalue weighted by atomic mass is 15.6. The Hall–Kier alpha value is -2.73. The van der Waals surface area contributed by atoms with Crippen molar-refractivity contribution in [3.8, 4) is 0 Å². The molecule has 0 bridgehead atoms. The van der Waals surface area contributed by atoms with Gasteiger partial charge >= 0.3 is 0 Å². The minimum absolute atomic E-state index is 0.121. The predicted octanol–water partition coefficient (Wildman–Crippen LogP) is 2.85. The van der Waals surface area contributed by atoms with Crippen molar-refractivity contribution in [3.63, 3.8) is 0 Å². The van der Waals surface area contributed by atoms with Crippen molar-refractivity contribution in [2.45, 2.75) is 53.1 Å². The van der Waals surface area contributed by atoms with E-state index in [-0.39, 0.29) is 11.6 Å². The maximum absolute atomic E-state index is 4.53. The van der Waals surface area contributed by atoms with Crippen LogP contribution < -0.4 is 9.80 Å². The minimum Gasteiger partial charge on any atom is -0.360 e. The molecule has 1 aliphatic heterocycles. The summed E-state index contributed by atoms with van der Waals surface area (Å²) in [4.78, 5) is 4.05. The third-order valence-electron chi connectivity index (χ3n) is 6.53. The largest absolute Gasteiger partial charge is 0.360 e. The second-order valence-corrected chi connectivity index (χ2v) is 9.83. The number of aromatic nitrogens is 4. The van der Waals surface area contributed by atoms with E-state index >= 15 is 0 Å². The quantitative estimate of drug-likeness (QED) is 0.707. The summed E-state index contributed by atoms with van der Waals surface area (Å²) in [5, 5.41) is 13.0. The molecule has 0 saturated carbocycles. The smallest absolute Gasteiger partial charge is 0.214 e. The highest BCUT2D eigenvalue weighted by Crippen LogP contribution is 2.25. The van der Waals surface area contributed by atoms with Crippen LogP contribution in [0.1, 0.15) is 54.9 Å². The summed E-state index contributed by atoms with van der Waals surface area (Å²) in [5.74, 6) is 0.950. The number of quaternary nitrogens is 1. The first kappa shape index (κ1) is 21.5. The van der Waals surface area contributed by atoms with E-state index in [1.807, 2.05) is 4.68 Å². The average Bonchev–Trinajstić information content (AvgIpc) is 3.22. The molecule has 1 aliphatic rings. The van der Waals surface area contributed by atoms with E-state index in [0.29, 0.717) is 0 Å². The first-order valence-corrected chi connectivity index (χ1v) is 11.3. The lowest BCUT2D eigenvalue weighted by molar-refractivity contribution is -0.927. The molecule has 2 aromatic carbocycles. The van der Waals surface area contributed by atoms with Crippen molar-refractivity contribution in [1.29, 1.82) is 0 Å². The number of hydrogen-bond donors (Lipinski definition) is 1. The topological polar surface area (TPSA) is 51.3 Å². The van der Waals surface area contributed by atoms with Gasteiger partial charge in [-0.25, -0.2) is 4.68 Å². The van der Waals surface area contributed by atoms with Crippen LogP contribution in [0.15, 0.2) is 42.5 Å². The molecule has 164 valence electrons. The standard InChI is InChI=1S/C25H34N6/c1-18-10-12-21(13-11-18)23(24-26-27-28-31(24)25(4,5)6)30-16-14-29(15-17-30)22-9-7-8-19(2)20(22)3/h7-13,23H,14-17H2,1-6H3/p+1/t23-/m1/s1. The second-order valence-electron chi connectivity index (χ2n) is 9.83. The van der Waals surface area contributed by atoms with Gasteiger partial charge < -0.3 is 9.80 Å². The molecule has 6 nitrogen and oxygen atoms in total. The third kappa shape index (κ3) is 4.35. The molecule has 1 saturated heterocycles. The van der Waals surface area contributed by atoms with Crippen molar-refractivity contribution in [1.82, 2.24) is 20.2 Å². The molecule has 0 unspecified atom stereocenters. The van der Waals surface area contributed by atoms with Gasteiger partial charge in [-0.05, 0) is 69.2 Å². The summed E-state index contributed by atoms with van der Waals surface area (Å²) < 4.78 is 2.00. The van der Waals surface area contributed by atoms with Crippen molar-refractivity contribution in [2.75, 3.05) is 31.1 Å². The number of aryl methyl sites for hydroxylation is 2. The van der Waals surface area contributed by atoms with Gasteiger partial charge in [-0.3, -0.25) is 0 Å². The van der Waals surface area contributed by atoms with Gasteiger partial charge in [0.1, 0.15) is 0 Å². The summed E-state index contributed by atoms with van der Waals surface area (Å²) >= 11 is 0. The Kier molecular flexibility index (Phi) is 5.84. The monoisotopic (exact) mass is 419 g/mol. The molecule has 0 spiro atoms. The molecule has 3 aromatic rings. The van der Waals surface area contributed by atoms with E-state index in [4.69, 9.17) is 0 Å². The van der Waals surface area contributed by atoms with Crippen molar-refractivity contribution >= 4 is 5.69 Å². The van der Waals surface area contributed by atoms with Gasteiger partial charge in [-0.1, -0.05) is 42.0 Å². The number of rotatable bonds is 4. The first-order valence-electron chi connectivity index (χ1n) is 11.3. The number of hydrogen-bond acceptors (Lipinski definition) is 4. The van der Waals surface area contributed by atoms with Gasteiger partial charge in [0.15, 0.2) is 6.04 Å².